The Balaban J connectivity index is 2.45. The highest BCUT2D eigenvalue weighted by molar-refractivity contribution is 9.11. The quantitative estimate of drug-likeness (QED) is 0.249. The van der Waals surface area contributed by atoms with Crippen LogP contribution in [0.4, 0.5) is 5.69 Å². The minimum atomic E-state index is -0.456. The number of halogens is 4. The molecular weight excluding hydrogens is 538 g/mol. The van der Waals surface area contributed by atoms with E-state index in [1.54, 1.807) is 0 Å². The number of hydrogen-bond donors (Lipinski definition) is 0. The minimum absolute atomic E-state index is 0.0175. The lowest BCUT2D eigenvalue weighted by Crippen LogP contribution is -1.94. The van der Waals surface area contributed by atoms with Crippen molar-refractivity contribution in [3.63, 3.8) is 0 Å². The van der Waals surface area contributed by atoms with E-state index in [1.807, 2.05) is 18.2 Å². The molecule has 0 atom stereocenters. The molecule has 0 aromatic heterocycles. The Hall–Kier alpha value is -0.440. The first-order chi connectivity index (χ1) is 9.92. The van der Waals surface area contributed by atoms with Crippen LogP contribution >= 0.6 is 63.7 Å². The number of hydrogen-bond acceptors (Lipinski definition) is 3. The highest BCUT2D eigenvalue weighted by atomic mass is 79.9. The Morgan fingerprint density at radius 1 is 1.10 bits per heavy atom. The fourth-order valence-corrected chi connectivity index (χ4v) is 3.72. The fourth-order valence-electron chi connectivity index (χ4n) is 1.59. The Morgan fingerprint density at radius 3 is 2.24 bits per heavy atom. The first kappa shape index (κ1) is 16.9. The van der Waals surface area contributed by atoms with Crippen LogP contribution in [0.1, 0.15) is 5.56 Å². The van der Waals surface area contributed by atoms with E-state index in [0.29, 0.717) is 25.8 Å². The van der Waals surface area contributed by atoms with Crippen molar-refractivity contribution in [2.24, 2.45) is 0 Å². The molecule has 0 saturated carbocycles. The van der Waals surface area contributed by atoms with Crippen LogP contribution < -0.4 is 4.74 Å². The smallest absolute Gasteiger partial charge is 0.271 e. The van der Waals surface area contributed by atoms with Gasteiger partial charge in [0.25, 0.3) is 5.69 Å². The van der Waals surface area contributed by atoms with Crippen LogP contribution in [-0.2, 0) is 5.33 Å². The second-order valence-electron chi connectivity index (χ2n) is 3.98. The average molecular weight is 545 g/mol. The van der Waals surface area contributed by atoms with Crippen LogP contribution in [0.15, 0.2) is 43.7 Å². The van der Waals surface area contributed by atoms with E-state index in [2.05, 4.69) is 63.7 Å². The third kappa shape index (κ3) is 4.06. The second-order valence-corrected chi connectivity index (χ2v) is 7.17. The van der Waals surface area contributed by atoms with Crippen LogP contribution in [0.5, 0.6) is 11.5 Å². The molecule has 2 rings (SSSR count). The summed E-state index contributed by atoms with van der Waals surface area (Å²) in [5, 5.41) is 11.5. The normalized spacial score (nSPS) is 10.5. The van der Waals surface area contributed by atoms with Gasteiger partial charge >= 0.3 is 0 Å². The molecule has 0 bridgehead atoms. The van der Waals surface area contributed by atoms with Crippen molar-refractivity contribution in [2.45, 2.75) is 5.33 Å². The molecule has 0 spiro atoms. The maximum absolute atomic E-state index is 10.8. The van der Waals surface area contributed by atoms with Gasteiger partial charge in [0.2, 0.25) is 0 Å². The summed E-state index contributed by atoms with van der Waals surface area (Å²) in [6.45, 7) is 0. The largest absolute Gasteiger partial charge is 0.455 e. The molecule has 0 heterocycles. The van der Waals surface area contributed by atoms with E-state index < -0.39 is 4.92 Å². The van der Waals surface area contributed by atoms with Crippen molar-refractivity contribution in [3.8, 4) is 11.5 Å². The van der Waals surface area contributed by atoms with E-state index in [1.165, 1.54) is 12.1 Å². The molecule has 0 amide bonds. The summed E-state index contributed by atoms with van der Waals surface area (Å²) in [5.41, 5.74) is 0.950. The van der Waals surface area contributed by atoms with Gasteiger partial charge in [-0.2, -0.15) is 0 Å². The summed E-state index contributed by atoms with van der Waals surface area (Å²) in [4.78, 5) is 10.4. The summed E-state index contributed by atoms with van der Waals surface area (Å²) in [6, 6.07) is 8.51. The zero-order valence-corrected chi connectivity index (χ0v) is 16.6. The van der Waals surface area contributed by atoms with E-state index in [9.17, 15) is 10.1 Å². The number of benzene rings is 2. The van der Waals surface area contributed by atoms with Gasteiger partial charge in [-0.25, -0.2) is 0 Å². The SMILES string of the molecule is O=[N+]([O-])c1cc(Br)c(Oc2cc(Br)ccc2CBr)c(Br)c1. The number of nitrogens with zero attached hydrogens (tertiary/aromatic N) is 1. The van der Waals surface area contributed by atoms with Crippen LogP contribution in [-0.4, -0.2) is 4.92 Å². The van der Waals surface area contributed by atoms with E-state index >= 15 is 0 Å². The van der Waals surface area contributed by atoms with Crippen molar-refractivity contribution in [1.29, 1.82) is 0 Å². The van der Waals surface area contributed by atoms with Gasteiger partial charge in [0.1, 0.15) is 5.75 Å². The monoisotopic (exact) mass is 541 g/mol. The van der Waals surface area contributed by atoms with Crippen molar-refractivity contribution >= 4 is 69.4 Å². The molecule has 0 aliphatic rings. The maximum Gasteiger partial charge on any atom is 0.271 e. The van der Waals surface area contributed by atoms with Crippen molar-refractivity contribution in [2.75, 3.05) is 0 Å². The summed E-state index contributed by atoms with van der Waals surface area (Å²) < 4.78 is 7.79. The number of nitro benzene ring substituents is 1. The van der Waals surface area contributed by atoms with E-state index in [0.717, 1.165) is 10.0 Å². The van der Waals surface area contributed by atoms with Gasteiger partial charge in [-0.15, -0.1) is 0 Å². The summed E-state index contributed by atoms with van der Waals surface area (Å²) in [7, 11) is 0. The van der Waals surface area contributed by atoms with Gasteiger partial charge in [-0.05, 0) is 44.0 Å². The van der Waals surface area contributed by atoms with Gasteiger partial charge in [0.05, 0.1) is 13.9 Å². The summed E-state index contributed by atoms with van der Waals surface area (Å²) >= 11 is 13.4. The van der Waals surface area contributed by atoms with E-state index in [4.69, 9.17) is 4.74 Å². The summed E-state index contributed by atoms with van der Waals surface area (Å²) in [6.07, 6.45) is 0. The number of non-ortho nitro benzene ring substituents is 1. The number of rotatable bonds is 4. The van der Waals surface area contributed by atoms with Crippen molar-refractivity contribution < 1.29 is 9.66 Å². The molecule has 0 saturated heterocycles. The Morgan fingerprint density at radius 2 is 1.71 bits per heavy atom. The van der Waals surface area contributed by atoms with Gasteiger partial charge in [-0.3, -0.25) is 10.1 Å². The topological polar surface area (TPSA) is 52.4 Å². The third-order valence-electron chi connectivity index (χ3n) is 2.58. The van der Waals surface area contributed by atoms with Crippen LogP contribution in [0.25, 0.3) is 0 Å². The Bertz CT molecular complexity index is 683. The van der Waals surface area contributed by atoms with Gasteiger partial charge in [-0.1, -0.05) is 37.9 Å². The second kappa shape index (κ2) is 7.21. The lowest BCUT2D eigenvalue weighted by molar-refractivity contribution is -0.385. The number of alkyl halides is 1. The molecule has 0 fully saturated rings. The lowest BCUT2D eigenvalue weighted by atomic mass is 10.2. The highest BCUT2D eigenvalue weighted by Gasteiger charge is 2.17. The fraction of sp³-hybridized carbons (Fsp3) is 0.0769. The molecule has 0 unspecified atom stereocenters. The lowest BCUT2D eigenvalue weighted by Gasteiger charge is -2.13. The zero-order valence-electron chi connectivity index (χ0n) is 10.3. The minimum Gasteiger partial charge on any atom is -0.455 e. The molecule has 2 aromatic rings. The zero-order chi connectivity index (χ0) is 15.6. The van der Waals surface area contributed by atoms with E-state index in [-0.39, 0.29) is 5.69 Å². The van der Waals surface area contributed by atoms with Crippen LogP contribution in [0.2, 0.25) is 0 Å². The average Bonchev–Trinajstić information content (AvgIpc) is 2.42. The number of ether oxygens (including phenoxy) is 1. The van der Waals surface area contributed by atoms with Crippen LogP contribution in [0, 0.1) is 10.1 Å². The molecule has 0 aliphatic carbocycles. The van der Waals surface area contributed by atoms with Gasteiger partial charge in [0.15, 0.2) is 5.75 Å². The van der Waals surface area contributed by atoms with Gasteiger partial charge in [0, 0.05) is 27.5 Å². The molecule has 0 aliphatic heterocycles. The maximum atomic E-state index is 10.8. The predicted octanol–water partition coefficient (Wildman–Crippen LogP) is 6.57. The molecule has 21 heavy (non-hydrogen) atoms. The molecule has 0 radical (unpaired) electrons. The molecule has 0 N–H and O–H groups in total. The van der Waals surface area contributed by atoms with Crippen molar-refractivity contribution in [3.05, 3.63) is 59.4 Å². The Labute approximate surface area is 154 Å². The predicted molar refractivity (Wildman–Crippen MR) is 95.3 cm³/mol. The molecule has 110 valence electrons. The van der Waals surface area contributed by atoms with Gasteiger partial charge < -0.3 is 4.74 Å². The third-order valence-corrected chi connectivity index (χ3v) is 4.85. The highest BCUT2D eigenvalue weighted by Crippen LogP contribution is 2.41. The molecule has 2 aromatic carbocycles. The summed E-state index contributed by atoms with van der Waals surface area (Å²) in [5.74, 6) is 1.15. The molecule has 8 heteroatoms. The van der Waals surface area contributed by atoms with Crippen LogP contribution in [0.3, 0.4) is 0 Å². The number of nitro groups is 1. The first-order valence-electron chi connectivity index (χ1n) is 5.58. The standard InChI is InChI=1S/C13H7Br4NO3/c14-6-7-1-2-8(15)3-12(7)21-13-10(16)4-9(18(19)20)5-11(13)17/h1-5H,6H2. The first-order valence-corrected chi connectivity index (χ1v) is 9.08. The molecular formula is C13H7Br4NO3. The Kier molecular flexibility index (Phi) is 5.81. The van der Waals surface area contributed by atoms with Crippen molar-refractivity contribution in [1.82, 2.24) is 0 Å². The molecule has 4 nitrogen and oxygen atoms in total.